The molecule has 0 radical (unpaired) electrons. The smallest absolute Gasteiger partial charge is 0.238 e. The molecule has 0 N–H and O–H groups in total. The maximum atomic E-state index is 9.76. The number of hydrogen-bond acceptors (Lipinski definition) is 4. The summed E-state index contributed by atoms with van der Waals surface area (Å²) in [6.07, 6.45) is 0. The van der Waals surface area contributed by atoms with Gasteiger partial charge in [0.25, 0.3) is 0 Å². The lowest BCUT2D eigenvalue weighted by molar-refractivity contribution is 0.572. The fourth-order valence-electron chi connectivity index (χ4n) is 7.71. The van der Waals surface area contributed by atoms with E-state index in [0.29, 0.717) is 23.2 Å². The monoisotopic (exact) mass is 700 g/mol. The van der Waals surface area contributed by atoms with Crippen molar-refractivity contribution < 1.29 is 0 Å². The van der Waals surface area contributed by atoms with Crippen molar-refractivity contribution in [2.45, 2.75) is 52.4 Å². The van der Waals surface area contributed by atoms with Gasteiger partial charge in [0, 0.05) is 38.4 Å². The normalized spacial score (nSPS) is 12.2. The molecule has 3 heterocycles. The van der Waals surface area contributed by atoms with Crippen LogP contribution in [0.3, 0.4) is 0 Å². The molecule has 3 aromatic heterocycles. The van der Waals surface area contributed by atoms with Crippen molar-refractivity contribution in [3.05, 3.63) is 150 Å². The Morgan fingerprint density at radius 1 is 0.500 bits per heavy atom. The van der Waals surface area contributed by atoms with Crippen LogP contribution in [0.4, 0.5) is 0 Å². The van der Waals surface area contributed by atoms with E-state index >= 15 is 0 Å². The first-order valence-corrected chi connectivity index (χ1v) is 18.4. The quantitative estimate of drug-likeness (QED) is 0.183. The maximum Gasteiger partial charge on any atom is 0.238 e. The summed E-state index contributed by atoms with van der Waals surface area (Å²) in [5.41, 5.74) is 10.0. The average molecular weight is 701 g/mol. The van der Waals surface area contributed by atoms with Crippen LogP contribution < -0.4 is 0 Å². The molecular formula is C48H40N6. The minimum Gasteiger partial charge on any atom is -0.309 e. The third-order valence-electron chi connectivity index (χ3n) is 10.5. The topological polar surface area (TPSA) is 72.3 Å². The Balaban J connectivity index is 1.42. The lowest BCUT2D eigenvalue weighted by atomic mass is 9.79. The largest absolute Gasteiger partial charge is 0.309 e. The van der Waals surface area contributed by atoms with Crippen molar-refractivity contribution in [1.29, 1.82) is 5.26 Å². The van der Waals surface area contributed by atoms with Crippen molar-refractivity contribution in [2.75, 3.05) is 0 Å². The molecule has 6 heteroatoms. The van der Waals surface area contributed by atoms with Crippen molar-refractivity contribution in [3.63, 3.8) is 0 Å². The second-order valence-electron chi connectivity index (χ2n) is 16.2. The first-order chi connectivity index (χ1) is 26.0. The highest BCUT2D eigenvalue weighted by Crippen LogP contribution is 2.43. The summed E-state index contributed by atoms with van der Waals surface area (Å²) in [6, 6.07) is 48.5. The minimum atomic E-state index is -0.197. The number of aromatic nitrogens is 5. The molecule has 0 saturated heterocycles. The first kappa shape index (κ1) is 33.3. The van der Waals surface area contributed by atoms with Crippen LogP contribution in [-0.4, -0.2) is 24.1 Å². The Morgan fingerprint density at radius 3 is 1.70 bits per heavy atom. The summed E-state index contributed by atoms with van der Waals surface area (Å²) in [5.74, 6) is 1.82. The summed E-state index contributed by atoms with van der Waals surface area (Å²) in [6.45, 7) is 13.7. The van der Waals surface area contributed by atoms with Gasteiger partial charge >= 0.3 is 0 Å². The predicted molar refractivity (Wildman–Crippen MR) is 221 cm³/mol. The molecule has 0 amide bonds. The lowest BCUT2D eigenvalue weighted by Crippen LogP contribution is -2.18. The number of benzene rings is 6. The molecule has 0 spiro atoms. The van der Waals surface area contributed by atoms with Gasteiger partial charge in [-0.05, 0) is 70.5 Å². The predicted octanol–water partition coefficient (Wildman–Crippen LogP) is 11.9. The van der Waals surface area contributed by atoms with Gasteiger partial charge in [-0.2, -0.15) is 15.2 Å². The molecule has 0 atom stereocenters. The van der Waals surface area contributed by atoms with E-state index in [2.05, 4.69) is 117 Å². The molecule has 6 nitrogen and oxygen atoms in total. The molecule has 0 aliphatic carbocycles. The standard InChI is InChI=1S/C48H40N6/c1-47(2,3)33-26-38-37-28-34(53-40-20-14-13-19-35(40)36-25-30(29-49)21-23-41(36)53)22-24-42(37)54(43(38)39(27-33)48(4,5)6)46-51-44(31-15-9-7-10-16-31)50-45(52-46)32-17-11-8-12-18-32/h7-28H,1-6H3. The molecule has 9 rings (SSSR count). The highest BCUT2D eigenvalue weighted by atomic mass is 15.2. The molecule has 0 fully saturated rings. The van der Waals surface area contributed by atoms with E-state index < -0.39 is 0 Å². The van der Waals surface area contributed by atoms with Crippen LogP contribution in [0.25, 0.3) is 78.0 Å². The van der Waals surface area contributed by atoms with Gasteiger partial charge < -0.3 is 4.57 Å². The van der Waals surface area contributed by atoms with Crippen LogP contribution in [-0.2, 0) is 10.8 Å². The molecule has 54 heavy (non-hydrogen) atoms. The number of nitrogens with zero attached hydrogens (tertiary/aromatic N) is 6. The van der Waals surface area contributed by atoms with Crippen LogP contribution in [0.15, 0.2) is 133 Å². The zero-order valence-corrected chi connectivity index (χ0v) is 31.4. The summed E-state index contributed by atoms with van der Waals surface area (Å²) in [5, 5.41) is 14.2. The number of fused-ring (bicyclic) bond motifs is 6. The lowest BCUT2D eigenvalue weighted by Gasteiger charge is -2.26. The SMILES string of the molecule is CC(C)(C)c1cc(C(C)(C)C)c2c(c1)c1cc(-n3c4ccccc4c4cc(C#N)ccc43)ccc1n2-c1nc(-c2ccccc2)nc(-c2ccccc2)n1. The van der Waals surface area contributed by atoms with Gasteiger partial charge in [0.05, 0.1) is 33.7 Å². The number of rotatable bonds is 4. The third-order valence-corrected chi connectivity index (χ3v) is 10.5. The minimum absolute atomic E-state index is 0.0837. The van der Waals surface area contributed by atoms with E-state index in [9.17, 15) is 5.26 Å². The Morgan fingerprint density at radius 2 is 1.07 bits per heavy atom. The number of para-hydroxylation sites is 1. The molecule has 6 aromatic carbocycles. The second-order valence-corrected chi connectivity index (χ2v) is 16.2. The highest BCUT2D eigenvalue weighted by molar-refractivity contribution is 6.13. The van der Waals surface area contributed by atoms with E-state index in [-0.39, 0.29) is 10.8 Å². The van der Waals surface area contributed by atoms with Crippen LogP contribution in [0.1, 0.15) is 58.2 Å². The third kappa shape index (κ3) is 5.43. The number of hydrogen-bond donors (Lipinski definition) is 0. The second kappa shape index (κ2) is 12.2. The van der Waals surface area contributed by atoms with E-state index in [1.54, 1.807) is 0 Å². The Hall–Kier alpha value is -6.58. The molecule has 262 valence electrons. The molecule has 0 aliphatic rings. The van der Waals surface area contributed by atoms with E-state index in [4.69, 9.17) is 15.0 Å². The van der Waals surface area contributed by atoms with E-state index in [0.717, 1.165) is 60.4 Å². The van der Waals surface area contributed by atoms with Crippen molar-refractivity contribution in [1.82, 2.24) is 24.1 Å². The zero-order valence-electron chi connectivity index (χ0n) is 31.4. The molecule has 0 saturated carbocycles. The van der Waals surface area contributed by atoms with Crippen LogP contribution in [0.2, 0.25) is 0 Å². The number of nitriles is 1. The average Bonchev–Trinajstić information content (AvgIpc) is 3.69. The Labute approximate surface area is 315 Å². The van der Waals surface area contributed by atoms with Crippen molar-refractivity contribution in [3.8, 4) is 40.5 Å². The van der Waals surface area contributed by atoms with Gasteiger partial charge in [0.15, 0.2) is 11.6 Å². The van der Waals surface area contributed by atoms with E-state index in [1.807, 2.05) is 72.8 Å². The summed E-state index contributed by atoms with van der Waals surface area (Å²) >= 11 is 0. The Kier molecular flexibility index (Phi) is 7.55. The van der Waals surface area contributed by atoms with E-state index in [1.165, 1.54) is 11.1 Å². The summed E-state index contributed by atoms with van der Waals surface area (Å²) in [7, 11) is 0. The van der Waals surface area contributed by atoms with Gasteiger partial charge in [-0.3, -0.25) is 4.57 Å². The van der Waals surface area contributed by atoms with Gasteiger partial charge in [-0.1, -0.05) is 126 Å². The Bertz CT molecular complexity index is 2890. The molecule has 0 bridgehead atoms. The summed E-state index contributed by atoms with van der Waals surface area (Å²) < 4.78 is 4.57. The van der Waals surface area contributed by atoms with Gasteiger partial charge in [0.1, 0.15) is 0 Å². The van der Waals surface area contributed by atoms with Gasteiger partial charge in [0.2, 0.25) is 5.95 Å². The first-order valence-electron chi connectivity index (χ1n) is 18.4. The van der Waals surface area contributed by atoms with Gasteiger partial charge in [-0.25, -0.2) is 4.98 Å². The zero-order chi connectivity index (χ0) is 37.4. The van der Waals surface area contributed by atoms with Crippen molar-refractivity contribution >= 4 is 43.6 Å². The maximum absolute atomic E-state index is 9.76. The van der Waals surface area contributed by atoms with Crippen molar-refractivity contribution in [2.24, 2.45) is 0 Å². The van der Waals surface area contributed by atoms with Crippen LogP contribution in [0.5, 0.6) is 0 Å². The molecule has 0 unspecified atom stereocenters. The van der Waals surface area contributed by atoms with Gasteiger partial charge in [-0.15, -0.1) is 0 Å². The summed E-state index contributed by atoms with van der Waals surface area (Å²) in [4.78, 5) is 15.5. The fourth-order valence-corrected chi connectivity index (χ4v) is 7.71. The fraction of sp³-hybridized carbons (Fsp3) is 0.167. The molecule has 9 aromatic rings. The van der Waals surface area contributed by atoms with Crippen LogP contribution in [0, 0.1) is 11.3 Å². The molecule has 0 aliphatic heterocycles. The highest BCUT2D eigenvalue weighted by Gasteiger charge is 2.28. The van der Waals surface area contributed by atoms with Crippen LogP contribution >= 0.6 is 0 Å². The molecular weight excluding hydrogens is 661 g/mol.